The van der Waals surface area contributed by atoms with E-state index in [0.29, 0.717) is 18.7 Å². The summed E-state index contributed by atoms with van der Waals surface area (Å²) < 4.78 is 0.788. The normalized spacial score (nSPS) is 14.8. The van der Waals surface area contributed by atoms with Crippen LogP contribution in [0.2, 0.25) is 0 Å². The van der Waals surface area contributed by atoms with E-state index >= 15 is 0 Å². The lowest BCUT2D eigenvalue weighted by atomic mass is 10.0. The van der Waals surface area contributed by atoms with E-state index in [9.17, 15) is 9.59 Å². The average Bonchev–Trinajstić information content (AvgIpc) is 2.73. The molecule has 0 unspecified atom stereocenters. The standard InChI is InChI=1S/C23H21BrN2O2/c24-21-11-4-3-9-20(21)22(27)25-17-12-14-26(15-13-17)23(28)19-10-5-7-16-6-1-2-8-18(16)19/h1-11,17H,12-15H2,(H,25,27). The van der Waals surface area contributed by atoms with Crippen molar-refractivity contribution in [2.24, 2.45) is 0 Å². The molecule has 28 heavy (non-hydrogen) atoms. The molecule has 0 saturated carbocycles. The number of hydrogen-bond acceptors (Lipinski definition) is 2. The third kappa shape index (κ3) is 3.80. The van der Waals surface area contributed by atoms with Crippen LogP contribution in [0.15, 0.2) is 71.2 Å². The second-order valence-corrected chi connectivity index (χ2v) is 7.90. The van der Waals surface area contributed by atoms with Crippen LogP contribution in [0.25, 0.3) is 10.8 Å². The Bertz CT molecular complexity index is 1020. The molecule has 0 aromatic heterocycles. The highest BCUT2D eigenvalue weighted by molar-refractivity contribution is 9.10. The zero-order chi connectivity index (χ0) is 19.5. The number of piperidine rings is 1. The molecule has 1 saturated heterocycles. The average molecular weight is 437 g/mol. The summed E-state index contributed by atoms with van der Waals surface area (Å²) in [6.07, 6.45) is 1.51. The van der Waals surface area contributed by atoms with E-state index in [1.807, 2.05) is 65.6 Å². The van der Waals surface area contributed by atoms with Crippen molar-refractivity contribution >= 4 is 38.5 Å². The van der Waals surface area contributed by atoms with Crippen molar-refractivity contribution in [3.05, 3.63) is 82.3 Å². The number of rotatable bonds is 3. The summed E-state index contributed by atoms with van der Waals surface area (Å²) in [5.74, 6) is -0.0151. The lowest BCUT2D eigenvalue weighted by molar-refractivity contribution is 0.0700. The molecule has 4 nitrogen and oxygen atoms in total. The number of hydrogen-bond donors (Lipinski definition) is 1. The Hall–Kier alpha value is -2.66. The third-order valence-electron chi connectivity index (χ3n) is 5.26. The minimum Gasteiger partial charge on any atom is -0.349 e. The molecule has 0 aliphatic carbocycles. The van der Waals surface area contributed by atoms with Crippen molar-refractivity contribution in [1.82, 2.24) is 10.2 Å². The first kappa shape index (κ1) is 18.7. The third-order valence-corrected chi connectivity index (χ3v) is 5.95. The number of nitrogens with one attached hydrogen (secondary N) is 1. The first-order chi connectivity index (χ1) is 13.6. The number of carbonyl (C=O) groups excluding carboxylic acids is 2. The highest BCUT2D eigenvalue weighted by atomic mass is 79.9. The fourth-order valence-corrected chi connectivity index (χ4v) is 4.18. The molecule has 1 aliphatic rings. The molecule has 1 heterocycles. The topological polar surface area (TPSA) is 49.4 Å². The van der Waals surface area contributed by atoms with Crippen LogP contribution < -0.4 is 5.32 Å². The molecule has 1 N–H and O–H groups in total. The van der Waals surface area contributed by atoms with Gasteiger partial charge in [0, 0.05) is 29.2 Å². The highest BCUT2D eigenvalue weighted by Crippen LogP contribution is 2.22. The van der Waals surface area contributed by atoms with E-state index in [0.717, 1.165) is 33.7 Å². The molecule has 3 aromatic rings. The highest BCUT2D eigenvalue weighted by Gasteiger charge is 2.26. The van der Waals surface area contributed by atoms with Crippen LogP contribution in [-0.2, 0) is 0 Å². The largest absolute Gasteiger partial charge is 0.349 e. The molecule has 5 heteroatoms. The molecule has 2 amide bonds. The number of fused-ring (bicyclic) bond motifs is 1. The number of carbonyl (C=O) groups is 2. The summed E-state index contributed by atoms with van der Waals surface area (Å²) in [4.78, 5) is 27.4. The van der Waals surface area contributed by atoms with E-state index in [1.165, 1.54) is 0 Å². The molecule has 0 radical (unpaired) electrons. The van der Waals surface area contributed by atoms with Gasteiger partial charge >= 0.3 is 0 Å². The molecule has 1 fully saturated rings. The van der Waals surface area contributed by atoms with Gasteiger partial charge in [0.05, 0.1) is 5.56 Å². The Labute approximate surface area is 172 Å². The van der Waals surface area contributed by atoms with Crippen LogP contribution in [0.5, 0.6) is 0 Å². The number of nitrogens with zero attached hydrogens (tertiary/aromatic N) is 1. The quantitative estimate of drug-likeness (QED) is 0.649. The molecule has 4 rings (SSSR count). The van der Waals surface area contributed by atoms with Crippen molar-refractivity contribution in [1.29, 1.82) is 0 Å². The van der Waals surface area contributed by atoms with Crippen molar-refractivity contribution in [2.75, 3.05) is 13.1 Å². The molecule has 142 valence electrons. The minimum atomic E-state index is -0.0775. The first-order valence-corrected chi connectivity index (χ1v) is 10.3. The number of amides is 2. The monoisotopic (exact) mass is 436 g/mol. The molecular weight excluding hydrogens is 416 g/mol. The Morgan fingerprint density at radius 3 is 2.29 bits per heavy atom. The van der Waals surface area contributed by atoms with E-state index < -0.39 is 0 Å². The van der Waals surface area contributed by atoms with Crippen molar-refractivity contribution in [3.8, 4) is 0 Å². The van der Waals surface area contributed by atoms with Gasteiger partial charge in [-0.1, -0.05) is 48.5 Å². The van der Waals surface area contributed by atoms with Gasteiger partial charge in [-0.3, -0.25) is 9.59 Å². The molecule has 0 bridgehead atoms. The summed E-state index contributed by atoms with van der Waals surface area (Å²) in [6.45, 7) is 1.28. The van der Waals surface area contributed by atoms with Gasteiger partial charge in [-0.15, -0.1) is 0 Å². The minimum absolute atomic E-state index is 0.0624. The van der Waals surface area contributed by atoms with E-state index in [1.54, 1.807) is 6.07 Å². The molecule has 1 aliphatic heterocycles. The van der Waals surface area contributed by atoms with Crippen molar-refractivity contribution in [3.63, 3.8) is 0 Å². The maximum atomic E-state index is 13.0. The molecule has 0 atom stereocenters. The first-order valence-electron chi connectivity index (χ1n) is 9.46. The van der Waals surface area contributed by atoms with Gasteiger partial charge in [0.25, 0.3) is 11.8 Å². The summed E-state index contributed by atoms with van der Waals surface area (Å²) >= 11 is 3.42. The zero-order valence-electron chi connectivity index (χ0n) is 15.4. The van der Waals surface area contributed by atoms with E-state index in [2.05, 4.69) is 21.2 Å². The summed E-state index contributed by atoms with van der Waals surface area (Å²) in [5.41, 5.74) is 1.38. The Morgan fingerprint density at radius 2 is 1.50 bits per heavy atom. The van der Waals surface area contributed by atoms with Crippen LogP contribution in [0, 0.1) is 0 Å². The van der Waals surface area contributed by atoms with Crippen LogP contribution >= 0.6 is 15.9 Å². The fraction of sp³-hybridized carbons (Fsp3) is 0.217. The lowest BCUT2D eigenvalue weighted by Gasteiger charge is -2.32. The Balaban J connectivity index is 1.41. The molecule has 3 aromatic carbocycles. The Morgan fingerprint density at radius 1 is 0.857 bits per heavy atom. The Kier molecular flexibility index (Phi) is 5.44. The molecular formula is C23H21BrN2O2. The second kappa shape index (κ2) is 8.15. The number of benzene rings is 3. The fourth-order valence-electron chi connectivity index (χ4n) is 3.72. The van der Waals surface area contributed by atoms with Gasteiger partial charge < -0.3 is 10.2 Å². The van der Waals surface area contributed by atoms with E-state index in [4.69, 9.17) is 0 Å². The van der Waals surface area contributed by atoms with E-state index in [-0.39, 0.29) is 17.9 Å². The van der Waals surface area contributed by atoms with Crippen LogP contribution in [0.3, 0.4) is 0 Å². The predicted molar refractivity (Wildman–Crippen MR) is 114 cm³/mol. The number of likely N-dealkylation sites (tertiary alicyclic amines) is 1. The van der Waals surface area contributed by atoms with Gasteiger partial charge in [0.2, 0.25) is 0 Å². The predicted octanol–water partition coefficient (Wildman–Crippen LogP) is 4.64. The van der Waals surface area contributed by atoms with Gasteiger partial charge in [0.15, 0.2) is 0 Å². The lowest BCUT2D eigenvalue weighted by Crippen LogP contribution is -2.46. The van der Waals surface area contributed by atoms with Crippen LogP contribution in [0.1, 0.15) is 33.6 Å². The van der Waals surface area contributed by atoms with Gasteiger partial charge in [0.1, 0.15) is 0 Å². The molecule has 0 spiro atoms. The van der Waals surface area contributed by atoms with Crippen molar-refractivity contribution in [2.45, 2.75) is 18.9 Å². The SMILES string of the molecule is O=C(NC1CCN(C(=O)c2cccc3ccccc23)CC1)c1ccccc1Br. The maximum Gasteiger partial charge on any atom is 0.254 e. The number of halogens is 1. The van der Waals surface area contributed by atoms with Crippen LogP contribution in [-0.4, -0.2) is 35.8 Å². The summed E-state index contributed by atoms with van der Waals surface area (Å²) in [5, 5.41) is 5.16. The maximum absolute atomic E-state index is 13.0. The van der Waals surface area contributed by atoms with Crippen molar-refractivity contribution < 1.29 is 9.59 Å². The second-order valence-electron chi connectivity index (χ2n) is 7.05. The van der Waals surface area contributed by atoms with Crippen LogP contribution in [0.4, 0.5) is 0 Å². The van der Waals surface area contributed by atoms with Gasteiger partial charge in [-0.2, -0.15) is 0 Å². The van der Waals surface area contributed by atoms with Gasteiger partial charge in [-0.05, 0) is 57.7 Å². The van der Waals surface area contributed by atoms with Gasteiger partial charge in [-0.25, -0.2) is 0 Å². The smallest absolute Gasteiger partial charge is 0.254 e. The zero-order valence-corrected chi connectivity index (χ0v) is 17.0. The summed E-state index contributed by atoms with van der Waals surface area (Å²) in [6, 6.07) is 21.3. The summed E-state index contributed by atoms with van der Waals surface area (Å²) in [7, 11) is 0.